The van der Waals surface area contributed by atoms with Crippen LogP contribution in [0.4, 0.5) is 0 Å². The number of nitrogens with zero attached hydrogens (tertiary/aromatic N) is 2. The Hall–Kier alpha value is -1.85. The molecule has 0 radical (unpaired) electrons. The summed E-state index contributed by atoms with van der Waals surface area (Å²) in [5.41, 5.74) is 1.43. The first kappa shape index (κ1) is 10.3. The topological polar surface area (TPSA) is 70.4 Å². The van der Waals surface area contributed by atoms with E-state index in [9.17, 15) is 4.79 Å². The summed E-state index contributed by atoms with van der Waals surface area (Å²) in [5.74, 6) is 0. The summed E-state index contributed by atoms with van der Waals surface area (Å²) < 4.78 is 1.23. The van der Waals surface area contributed by atoms with Gasteiger partial charge in [-0.2, -0.15) is 9.61 Å². The minimum atomic E-state index is -0.338. The van der Waals surface area contributed by atoms with E-state index in [1.165, 1.54) is 4.52 Å². The number of aliphatic hydroxyl groups excluding tert-OH is 1. The lowest BCUT2D eigenvalue weighted by molar-refractivity contribution is 0.276. The fourth-order valence-electron chi connectivity index (χ4n) is 1.86. The largest absolute Gasteiger partial charge is 0.390 e. The predicted octanol–water partition coefficient (Wildman–Crippen LogP) is 1.32. The molecule has 0 bridgehead atoms. The lowest BCUT2D eigenvalue weighted by Crippen LogP contribution is -2.17. The number of benzene rings is 1. The molecule has 2 heterocycles. The molecule has 0 aliphatic carbocycles. The Morgan fingerprint density at radius 1 is 1.41 bits per heavy atom. The molecular weight excluding hydrogens is 242 g/mol. The molecule has 17 heavy (non-hydrogen) atoms. The molecule has 3 aromatic rings. The maximum absolute atomic E-state index is 11.7. The molecule has 0 atom stereocenters. The van der Waals surface area contributed by atoms with Crippen LogP contribution >= 0.6 is 11.6 Å². The SMILES string of the molecule is O=c1[nH]c2ccc(Cl)cc2c2cc(CO)nn12. The molecule has 86 valence electrons. The molecule has 0 spiro atoms. The van der Waals surface area contributed by atoms with E-state index in [0.29, 0.717) is 21.7 Å². The Morgan fingerprint density at radius 3 is 3.00 bits per heavy atom. The Bertz CT molecular complexity index is 775. The zero-order valence-corrected chi connectivity index (χ0v) is 9.40. The first-order chi connectivity index (χ1) is 8.19. The van der Waals surface area contributed by atoms with Crippen molar-refractivity contribution >= 4 is 28.0 Å². The normalized spacial score (nSPS) is 11.4. The van der Waals surface area contributed by atoms with Crippen molar-refractivity contribution in [2.75, 3.05) is 0 Å². The van der Waals surface area contributed by atoms with Crippen LogP contribution in [-0.4, -0.2) is 19.7 Å². The van der Waals surface area contributed by atoms with Crippen molar-refractivity contribution in [1.29, 1.82) is 0 Å². The smallest absolute Gasteiger partial charge is 0.347 e. The number of hydrogen-bond acceptors (Lipinski definition) is 3. The van der Waals surface area contributed by atoms with E-state index < -0.39 is 0 Å². The predicted molar refractivity (Wildman–Crippen MR) is 64.3 cm³/mol. The second-order valence-corrected chi connectivity index (χ2v) is 4.15. The van der Waals surface area contributed by atoms with Gasteiger partial charge in [-0.1, -0.05) is 11.6 Å². The van der Waals surface area contributed by atoms with Crippen molar-refractivity contribution < 1.29 is 5.11 Å². The third kappa shape index (κ3) is 1.51. The van der Waals surface area contributed by atoms with E-state index in [-0.39, 0.29) is 12.3 Å². The molecule has 0 aliphatic rings. The average Bonchev–Trinajstić information content (AvgIpc) is 2.75. The minimum absolute atomic E-state index is 0.205. The van der Waals surface area contributed by atoms with Gasteiger partial charge in [-0.15, -0.1) is 0 Å². The van der Waals surface area contributed by atoms with E-state index in [1.54, 1.807) is 24.3 Å². The number of aliphatic hydroxyl groups is 1. The minimum Gasteiger partial charge on any atom is -0.390 e. The summed E-state index contributed by atoms with van der Waals surface area (Å²) in [6, 6.07) is 6.88. The number of rotatable bonds is 1. The van der Waals surface area contributed by atoms with E-state index in [1.807, 2.05) is 0 Å². The summed E-state index contributed by atoms with van der Waals surface area (Å²) in [6.07, 6.45) is 0. The van der Waals surface area contributed by atoms with Crippen LogP contribution in [0.1, 0.15) is 5.69 Å². The van der Waals surface area contributed by atoms with Gasteiger partial charge < -0.3 is 10.1 Å². The molecule has 3 rings (SSSR count). The average molecular weight is 250 g/mol. The van der Waals surface area contributed by atoms with Gasteiger partial charge in [0.15, 0.2) is 0 Å². The lowest BCUT2D eigenvalue weighted by atomic mass is 10.2. The van der Waals surface area contributed by atoms with Crippen molar-refractivity contribution in [2.24, 2.45) is 0 Å². The molecule has 0 amide bonds. The van der Waals surface area contributed by atoms with Crippen LogP contribution in [0.2, 0.25) is 5.02 Å². The second-order valence-electron chi connectivity index (χ2n) is 3.71. The fraction of sp³-hybridized carbons (Fsp3) is 0.0909. The number of H-pyrrole nitrogens is 1. The van der Waals surface area contributed by atoms with Gasteiger partial charge >= 0.3 is 5.69 Å². The zero-order valence-electron chi connectivity index (χ0n) is 8.64. The highest BCUT2D eigenvalue weighted by Crippen LogP contribution is 2.21. The lowest BCUT2D eigenvalue weighted by Gasteiger charge is -2.00. The van der Waals surface area contributed by atoms with Crippen LogP contribution < -0.4 is 5.69 Å². The zero-order chi connectivity index (χ0) is 12.0. The Labute approximate surface area is 100 Å². The summed E-state index contributed by atoms with van der Waals surface area (Å²) in [4.78, 5) is 14.4. The van der Waals surface area contributed by atoms with Crippen LogP contribution in [0, 0.1) is 0 Å². The van der Waals surface area contributed by atoms with Crippen LogP contribution in [0.3, 0.4) is 0 Å². The van der Waals surface area contributed by atoms with Gasteiger partial charge in [-0.05, 0) is 24.3 Å². The molecule has 2 N–H and O–H groups in total. The van der Waals surface area contributed by atoms with Crippen LogP contribution in [0.25, 0.3) is 16.4 Å². The second kappa shape index (κ2) is 3.58. The summed E-state index contributed by atoms with van der Waals surface area (Å²) in [5, 5.41) is 14.4. The maximum atomic E-state index is 11.7. The van der Waals surface area contributed by atoms with Crippen LogP contribution in [0.5, 0.6) is 0 Å². The molecule has 0 fully saturated rings. The standard InChI is InChI=1S/C11H8ClN3O2/c12-6-1-2-9-8(3-6)10-4-7(5-16)14-15(10)11(17)13-9/h1-4,16H,5H2,(H,13,17). The van der Waals surface area contributed by atoms with Crippen molar-refractivity contribution in [3.8, 4) is 0 Å². The van der Waals surface area contributed by atoms with Gasteiger partial charge in [-0.3, -0.25) is 0 Å². The molecule has 0 unspecified atom stereocenters. The van der Waals surface area contributed by atoms with Gasteiger partial charge in [0.1, 0.15) is 0 Å². The number of halogens is 1. The van der Waals surface area contributed by atoms with E-state index in [2.05, 4.69) is 10.1 Å². The molecule has 0 saturated carbocycles. The molecular formula is C11H8ClN3O2. The summed E-state index contributed by atoms with van der Waals surface area (Å²) >= 11 is 5.93. The van der Waals surface area contributed by atoms with Gasteiger partial charge in [0.2, 0.25) is 0 Å². The molecule has 5 nitrogen and oxygen atoms in total. The Balaban J connectivity index is 2.56. The third-order valence-electron chi connectivity index (χ3n) is 2.61. The van der Waals surface area contributed by atoms with Crippen LogP contribution in [-0.2, 0) is 6.61 Å². The molecule has 6 heteroatoms. The maximum Gasteiger partial charge on any atom is 0.347 e. The first-order valence-electron chi connectivity index (χ1n) is 5.00. The van der Waals surface area contributed by atoms with Crippen molar-refractivity contribution in [3.63, 3.8) is 0 Å². The highest BCUT2D eigenvalue weighted by molar-refractivity contribution is 6.31. The molecule has 0 aliphatic heterocycles. The molecule has 2 aromatic heterocycles. The third-order valence-corrected chi connectivity index (χ3v) is 2.85. The Morgan fingerprint density at radius 2 is 2.24 bits per heavy atom. The number of fused-ring (bicyclic) bond motifs is 3. The van der Waals surface area contributed by atoms with Gasteiger partial charge in [-0.25, -0.2) is 4.79 Å². The first-order valence-corrected chi connectivity index (χ1v) is 5.38. The van der Waals surface area contributed by atoms with E-state index in [0.717, 1.165) is 5.39 Å². The quantitative estimate of drug-likeness (QED) is 0.683. The van der Waals surface area contributed by atoms with Crippen molar-refractivity contribution in [3.05, 3.63) is 45.5 Å². The number of aromatic nitrogens is 3. The number of hydrogen-bond donors (Lipinski definition) is 2. The van der Waals surface area contributed by atoms with Crippen LogP contribution in [0.15, 0.2) is 29.1 Å². The molecule has 1 aromatic carbocycles. The van der Waals surface area contributed by atoms with E-state index in [4.69, 9.17) is 16.7 Å². The highest BCUT2D eigenvalue weighted by Gasteiger charge is 2.08. The summed E-state index contributed by atoms with van der Waals surface area (Å²) in [7, 11) is 0. The highest BCUT2D eigenvalue weighted by atomic mass is 35.5. The van der Waals surface area contributed by atoms with Crippen molar-refractivity contribution in [2.45, 2.75) is 6.61 Å². The van der Waals surface area contributed by atoms with Gasteiger partial charge in [0.25, 0.3) is 0 Å². The summed E-state index contributed by atoms with van der Waals surface area (Å²) in [6.45, 7) is -0.205. The monoisotopic (exact) mass is 249 g/mol. The number of nitrogens with one attached hydrogen (secondary N) is 1. The van der Waals surface area contributed by atoms with E-state index >= 15 is 0 Å². The molecule has 0 saturated heterocycles. The van der Waals surface area contributed by atoms with Crippen molar-refractivity contribution in [1.82, 2.24) is 14.6 Å². The Kier molecular flexibility index (Phi) is 2.17. The fourth-order valence-corrected chi connectivity index (χ4v) is 2.03. The van der Waals surface area contributed by atoms with Gasteiger partial charge in [0.05, 0.1) is 23.3 Å². The number of aromatic amines is 1. The van der Waals surface area contributed by atoms with Gasteiger partial charge in [0, 0.05) is 10.4 Å².